The standard InChI is InChI=1S/C23H18O3S/c1-2-26-18-14-12-17(13-15-18)23-21(22(24)16-8-4-3-5-9-16)19-10-6-7-11-20(19)27(23)25/h3-15H,2H2,1H3. The average Bonchev–Trinajstić information content (AvgIpc) is 3.02. The first kappa shape index (κ1) is 17.5. The maximum Gasteiger partial charge on any atom is 0.199 e. The van der Waals surface area contributed by atoms with Crippen LogP contribution in [0.3, 0.4) is 0 Å². The van der Waals surface area contributed by atoms with Crippen LogP contribution in [0.2, 0.25) is 0 Å². The van der Waals surface area contributed by atoms with E-state index in [4.69, 9.17) is 4.74 Å². The second kappa shape index (κ2) is 7.35. The lowest BCUT2D eigenvalue weighted by Crippen LogP contribution is -2.02. The summed E-state index contributed by atoms with van der Waals surface area (Å²) in [6.45, 7) is 2.51. The molecular formula is C23H18O3S. The molecule has 0 saturated heterocycles. The lowest BCUT2D eigenvalue weighted by atomic mass is 9.98. The van der Waals surface area contributed by atoms with Crippen molar-refractivity contribution in [2.45, 2.75) is 6.92 Å². The topological polar surface area (TPSA) is 49.4 Å². The monoisotopic (exact) mass is 374 g/mol. The van der Waals surface area contributed by atoms with Crippen molar-refractivity contribution in [2.75, 3.05) is 6.61 Å². The Balaban J connectivity index is 1.94. The number of ether oxygens (including phenoxy) is 1. The number of fused-ring (bicyclic) bond motifs is 1. The van der Waals surface area contributed by atoms with Gasteiger partial charge in [0, 0.05) is 11.1 Å². The van der Waals surface area contributed by atoms with Gasteiger partial charge in [0.2, 0.25) is 0 Å². The van der Waals surface area contributed by atoms with E-state index in [0.29, 0.717) is 27.3 Å². The fourth-order valence-corrected chi connectivity index (χ4v) is 4.77. The number of carbonyl (C=O) groups excluding carboxylic acids is 1. The van der Waals surface area contributed by atoms with Gasteiger partial charge in [0.15, 0.2) is 15.4 Å². The van der Waals surface area contributed by atoms with E-state index in [1.165, 1.54) is 0 Å². The van der Waals surface area contributed by atoms with Gasteiger partial charge in [-0.25, -0.2) is 0 Å². The van der Waals surface area contributed by atoms with Crippen LogP contribution in [0.5, 0.6) is 5.75 Å². The SMILES string of the molecule is CCOc1ccc(-c2c(C(=O)c3ccccc3)c3ccccc3[s+]2[O-])cc1. The highest BCUT2D eigenvalue weighted by atomic mass is 32.2. The molecule has 0 bridgehead atoms. The smallest absolute Gasteiger partial charge is 0.199 e. The minimum atomic E-state index is -1.40. The molecule has 0 fully saturated rings. The zero-order chi connectivity index (χ0) is 18.8. The molecule has 1 atom stereocenters. The van der Waals surface area contributed by atoms with Crippen molar-refractivity contribution in [3.63, 3.8) is 0 Å². The summed E-state index contributed by atoms with van der Waals surface area (Å²) in [5.74, 6) is 0.636. The number of thiophene rings is 1. The fraction of sp³-hybridized carbons (Fsp3) is 0.0870. The number of hydrogen-bond donors (Lipinski definition) is 0. The Morgan fingerprint density at radius 1 is 0.926 bits per heavy atom. The molecule has 3 nitrogen and oxygen atoms in total. The molecule has 4 aromatic rings. The Kier molecular flexibility index (Phi) is 4.75. The van der Waals surface area contributed by atoms with Crippen LogP contribution >= 0.6 is 10.8 Å². The third-order valence-corrected chi connectivity index (χ3v) is 6.03. The summed E-state index contributed by atoms with van der Waals surface area (Å²) in [5.41, 5.74) is 1.87. The minimum Gasteiger partial charge on any atom is -0.590 e. The molecule has 0 radical (unpaired) electrons. The number of benzene rings is 3. The highest BCUT2D eigenvalue weighted by Gasteiger charge is 2.29. The molecule has 1 unspecified atom stereocenters. The molecular weight excluding hydrogens is 356 g/mol. The molecule has 1 heterocycles. The number of rotatable bonds is 5. The van der Waals surface area contributed by atoms with Gasteiger partial charge in [0.25, 0.3) is 0 Å². The lowest BCUT2D eigenvalue weighted by molar-refractivity contribution is 0.104. The summed E-state index contributed by atoms with van der Waals surface area (Å²) in [7, 11) is -1.40. The van der Waals surface area contributed by atoms with Crippen molar-refractivity contribution in [3.05, 3.63) is 90.0 Å². The van der Waals surface area contributed by atoms with Gasteiger partial charge in [-0.15, -0.1) is 0 Å². The van der Waals surface area contributed by atoms with E-state index in [1.807, 2.05) is 73.7 Å². The van der Waals surface area contributed by atoms with Gasteiger partial charge < -0.3 is 9.29 Å². The van der Waals surface area contributed by atoms with Gasteiger partial charge in [0.1, 0.15) is 5.75 Å². The lowest BCUT2D eigenvalue weighted by Gasteiger charge is -2.06. The Morgan fingerprint density at radius 2 is 1.59 bits per heavy atom. The minimum absolute atomic E-state index is 0.113. The molecule has 27 heavy (non-hydrogen) atoms. The van der Waals surface area contributed by atoms with Crippen molar-refractivity contribution in [1.82, 2.24) is 0 Å². The molecule has 1 aromatic heterocycles. The molecule has 0 amide bonds. The molecule has 3 aromatic carbocycles. The molecule has 0 aliphatic heterocycles. The summed E-state index contributed by atoms with van der Waals surface area (Å²) in [5, 5.41) is 0.744. The molecule has 4 rings (SSSR count). The van der Waals surface area contributed by atoms with Crippen molar-refractivity contribution >= 4 is 26.6 Å². The normalized spacial score (nSPS) is 11.6. The van der Waals surface area contributed by atoms with Crippen LogP contribution < -0.4 is 4.74 Å². The highest BCUT2D eigenvalue weighted by Crippen LogP contribution is 2.45. The van der Waals surface area contributed by atoms with E-state index >= 15 is 0 Å². The molecule has 0 N–H and O–H groups in total. The van der Waals surface area contributed by atoms with Gasteiger partial charge in [-0.2, -0.15) is 0 Å². The first-order valence-corrected chi connectivity index (χ1v) is 9.94. The first-order valence-electron chi connectivity index (χ1n) is 8.79. The van der Waals surface area contributed by atoms with Gasteiger partial charge in [-0.05, 0) is 54.1 Å². The van der Waals surface area contributed by atoms with E-state index in [2.05, 4.69) is 0 Å². The zero-order valence-electron chi connectivity index (χ0n) is 14.8. The maximum atomic E-state index is 13.3. The summed E-state index contributed by atoms with van der Waals surface area (Å²) in [6, 6.07) is 23.9. The Morgan fingerprint density at radius 3 is 2.30 bits per heavy atom. The quantitative estimate of drug-likeness (QED) is 0.324. The average molecular weight is 374 g/mol. The highest BCUT2D eigenvalue weighted by molar-refractivity contribution is 7.35. The van der Waals surface area contributed by atoms with Gasteiger partial charge in [-0.1, -0.05) is 42.5 Å². The van der Waals surface area contributed by atoms with Crippen molar-refractivity contribution in [3.8, 4) is 16.2 Å². The second-order valence-electron chi connectivity index (χ2n) is 6.12. The van der Waals surface area contributed by atoms with Crippen LogP contribution in [-0.2, 0) is 0 Å². The summed E-state index contributed by atoms with van der Waals surface area (Å²) < 4.78 is 19.4. The van der Waals surface area contributed by atoms with Crippen LogP contribution in [0, 0.1) is 0 Å². The third-order valence-electron chi connectivity index (χ3n) is 4.46. The van der Waals surface area contributed by atoms with Gasteiger partial charge >= 0.3 is 0 Å². The number of carbonyl (C=O) groups is 1. The van der Waals surface area contributed by atoms with Gasteiger partial charge in [-0.3, -0.25) is 4.79 Å². The Labute approximate surface area is 160 Å². The Bertz CT molecular complexity index is 1100. The number of hydrogen-bond acceptors (Lipinski definition) is 3. The Hall–Kier alpha value is -2.95. The van der Waals surface area contributed by atoms with Crippen LogP contribution in [0.1, 0.15) is 22.8 Å². The van der Waals surface area contributed by atoms with Crippen LogP contribution in [-0.4, -0.2) is 16.9 Å². The van der Waals surface area contributed by atoms with Crippen molar-refractivity contribution < 1.29 is 14.1 Å². The van der Waals surface area contributed by atoms with E-state index in [0.717, 1.165) is 16.7 Å². The second-order valence-corrected chi connectivity index (χ2v) is 7.51. The van der Waals surface area contributed by atoms with Crippen LogP contribution in [0.4, 0.5) is 0 Å². The zero-order valence-corrected chi connectivity index (χ0v) is 15.7. The van der Waals surface area contributed by atoms with E-state index < -0.39 is 10.8 Å². The van der Waals surface area contributed by atoms with Gasteiger partial charge in [0.05, 0.1) is 17.6 Å². The first-order chi connectivity index (χ1) is 13.2. The molecule has 0 spiro atoms. The van der Waals surface area contributed by atoms with Crippen molar-refractivity contribution in [2.24, 2.45) is 0 Å². The third kappa shape index (κ3) is 3.14. The summed E-state index contributed by atoms with van der Waals surface area (Å²) in [4.78, 5) is 13.9. The largest absolute Gasteiger partial charge is 0.590 e. The summed E-state index contributed by atoms with van der Waals surface area (Å²) in [6.07, 6.45) is 0. The van der Waals surface area contributed by atoms with E-state index in [1.54, 1.807) is 12.1 Å². The predicted molar refractivity (Wildman–Crippen MR) is 109 cm³/mol. The van der Waals surface area contributed by atoms with E-state index in [9.17, 15) is 9.35 Å². The molecule has 0 aliphatic rings. The summed E-state index contributed by atoms with van der Waals surface area (Å²) >= 11 is 0. The van der Waals surface area contributed by atoms with E-state index in [-0.39, 0.29) is 5.78 Å². The molecule has 134 valence electrons. The predicted octanol–water partition coefficient (Wildman–Crippen LogP) is 5.86. The number of ketones is 1. The maximum absolute atomic E-state index is 13.3. The van der Waals surface area contributed by atoms with Crippen LogP contribution in [0.15, 0.2) is 78.9 Å². The molecule has 0 saturated carbocycles. The molecule has 4 heteroatoms. The van der Waals surface area contributed by atoms with Crippen LogP contribution in [0.25, 0.3) is 20.5 Å². The van der Waals surface area contributed by atoms with Crippen molar-refractivity contribution in [1.29, 1.82) is 0 Å². The molecule has 0 aliphatic carbocycles. The fourth-order valence-electron chi connectivity index (χ4n) is 3.24.